The van der Waals surface area contributed by atoms with Crippen LogP contribution in [0.5, 0.6) is 0 Å². The van der Waals surface area contributed by atoms with Crippen molar-refractivity contribution >= 4 is 10.0 Å². The Kier molecular flexibility index (Phi) is 6.50. The highest BCUT2D eigenvalue weighted by atomic mass is 32.2. The molecule has 1 saturated heterocycles. The number of sulfonamides is 1. The zero-order valence-corrected chi connectivity index (χ0v) is 14.0. The third-order valence-corrected chi connectivity index (χ3v) is 5.70. The predicted molar refractivity (Wildman–Crippen MR) is 84.6 cm³/mol. The van der Waals surface area contributed by atoms with Crippen LogP contribution in [-0.2, 0) is 21.2 Å². The van der Waals surface area contributed by atoms with Crippen molar-refractivity contribution in [3.8, 4) is 0 Å². The van der Waals surface area contributed by atoms with Crippen LogP contribution in [0.3, 0.4) is 0 Å². The van der Waals surface area contributed by atoms with Gasteiger partial charge in [0.2, 0.25) is 10.0 Å². The smallest absolute Gasteiger partial charge is 0.212 e. The monoisotopic (exact) mass is 347 g/mol. The molecule has 0 aliphatic carbocycles. The first kappa shape index (κ1) is 18.3. The van der Waals surface area contributed by atoms with E-state index in [9.17, 15) is 17.2 Å². The number of halogens is 2. The number of aryl methyl sites for hydroxylation is 1. The molecular weight excluding hydrogens is 324 g/mol. The van der Waals surface area contributed by atoms with Gasteiger partial charge in [-0.05, 0) is 56.2 Å². The van der Waals surface area contributed by atoms with Crippen molar-refractivity contribution in [1.29, 1.82) is 0 Å². The molecule has 0 saturated carbocycles. The zero-order valence-electron chi connectivity index (χ0n) is 13.2. The van der Waals surface area contributed by atoms with Crippen molar-refractivity contribution in [3.05, 3.63) is 35.4 Å². The lowest BCUT2D eigenvalue weighted by Crippen LogP contribution is -2.37. The predicted octanol–water partition coefficient (Wildman–Crippen LogP) is 2.63. The lowest BCUT2D eigenvalue weighted by Gasteiger charge is -2.23. The second kappa shape index (κ2) is 8.17. The fourth-order valence-corrected chi connectivity index (χ4v) is 4.50. The normalized spacial score (nSPS) is 18.0. The fourth-order valence-electron chi connectivity index (χ4n) is 2.72. The summed E-state index contributed by atoms with van der Waals surface area (Å²) in [7, 11) is -3.34. The van der Waals surface area contributed by atoms with Crippen molar-refractivity contribution in [3.63, 3.8) is 0 Å². The standard InChI is InChI=1S/C16H23F2NO3S/c1-12(2-3-13-4-5-15(17)16(18)10-13)19-23(20,21)11-14-6-8-22-9-7-14/h4-5,10,12,14,19H,2-3,6-9,11H2,1H3/t12-/m0/s1. The average Bonchev–Trinajstić information content (AvgIpc) is 2.48. The van der Waals surface area contributed by atoms with E-state index in [1.54, 1.807) is 6.92 Å². The van der Waals surface area contributed by atoms with Gasteiger partial charge in [-0.2, -0.15) is 0 Å². The molecule has 1 aliphatic heterocycles. The summed E-state index contributed by atoms with van der Waals surface area (Å²) in [5.41, 5.74) is 0.652. The quantitative estimate of drug-likeness (QED) is 0.825. The average molecular weight is 347 g/mol. The Morgan fingerprint density at radius 1 is 1.26 bits per heavy atom. The Labute approximate surface area is 136 Å². The largest absolute Gasteiger partial charge is 0.381 e. The van der Waals surface area contributed by atoms with Crippen molar-refractivity contribution < 1.29 is 21.9 Å². The van der Waals surface area contributed by atoms with Crippen LogP contribution in [0, 0.1) is 17.6 Å². The zero-order chi connectivity index (χ0) is 16.9. The molecule has 1 N–H and O–H groups in total. The molecule has 1 aromatic rings. The van der Waals surface area contributed by atoms with Gasteiger partial charge in [-0.15, -0.1) is 0 Å². The summed E-state index contributed by atoms with van der Waals surface area (Å²) in [5.74, 6) is -1.50. The van der Waals surface area contributed by atoms with Crippen LogP contribution in [0.25, 0.3) is 0 Å². The van der Waals surface area contributed by atoms with Gasteiger partial charge in [0.05, 0.1) is 5.75 Å². The molecule has 130 valence electrons. The molecular formula is C16H23F2NO3S. The lowest BCUT2D eigenvalue weighted by atomic mass is 10.0. The summed E-state index contributed by atoms with van der Waals surface area (Å²) in [5, 5.41) is 0. The highest BCUT2D eigenvalue weighted by Gasteiger charge is 2.22. The fraction of sp³-hybridized carbons (Fsp3) is 0.625. The maximum absolute atomic E-state index is 13.1. The van der Waals surface area contributed by atoms with E-state index in [1.807, 2.05) is 0 Å². The highest BCUT2D eigenvalue weighted by Crippen LogP contribution is 2.17. The number of nitrogens with one attached hydrogen (secondary N) is 1. The number of rotatable bonds is 7. The number of ether oxygens (including phenoxy) is 1. The molecule has 0 bridgehead atoms. The van der Waals surface area contributed by atoms with E-state index < -0.39 is 21.7 Å². The Hall–Kier alpha value is -1.05. The SMILES string of the molecule is C[C@@H](CCc1ccc(F)c(F)c1)NS(=O)(=O)CC1CCOCC1. The Balaban J connectivity index is 1.80. The van der Waals surface area contributed by atoms with Crippen molar-refractivity contribution in [1.82, 2.24) is 4.72 Å². The Bertz CT molecular complexity index is 616. The minimum Gasteiger partial charge on any atom is -0.381 e. The van der Waals surface area contributed by atoms with Gasteiger partial charge in [-0.3, -0.25) is 0 Å². The van der Waals surface area contributed by atoms with Crippen LogP contribution in [0.15, 0.2) is 18.2 Å². The molecule has 1 heterocycles. The van der Waals surface area contributed by atoms with E-state index in [4.69, 9.17) is 4.74 Å². The molecule has 4 nitrogen and oxygen atoms in total. The molecule has 1 aliphatic rings. The van der Waals surface area contributed by atoms with Crippen molar-refractivity contribution in [2.45, 2.75) is 38.6 Å². The summed E-state index contributed by atoms with van der Waals surface area (Å²) >= 11 is 0. The molecule has 0 amide bonds. The lowest BCUT2D eigenvalue weighted by molar-refractivity contribution is 0.0723. The van der Waals surface area contributed by atoms with E-state index >= 15 is 0 Å². The summed E-state index contributed by atoms with van der Waals surface area (Å²) < 4.78 is 58.2. The van der Waals surface area contributed by atoms with Gasteiger partial charge in [0.1, 0.15) is 0 Å². The van der Waals surface area contributed by atoms with E-state index in [-0.39, 0.29) is 17.7 Å². The molecule has 23 heavy (non-hydrogen) atoms. The molecule has 1 aromatic carbocycles. The number of hydrogen-bond donors (Lipinski definition) is 1. The van der Waals surface area contributed by atoms with Crippen LogP contribution < -0.4 is 4.72 Å². The molecule has 0 spiro atoms. The van der Waals surface area contributed by atoms with Gasteiger partial charge >= 0.3 is 0 Å². The summed E-state index contributed by atoms with van der Waals surface area (Å²) in [4.78, 5) is 0. The van der Waals surface area contributed by atoms with Crippen molar-refractivity contribution in [2.75, 3.05) is 19.0 Å². The van der Waals surface area contributed by atoms with E-state index in [2.05, 4.69) is 4.72 Å². The number of hydrogen-bond acceptors (Lipinski definition) is 3. The summed E-state index contributed by atoms with van der Waals surface area (Å²) in [6.45, 7) is 3.01. The maximum Gasteiger partial charge on any atom is 0.212 e. The summed E-state index contributed by atoms with van der Waals surface area (Å²) in [6.07, 6.45) is 2.55. The van der Waals surface area contributed by atoms with E-state index in [0.717, 1.165) is 25.0 Å². The van der Waals surface area contributed by atoms with Gasteiger partial charge in [0, 0.05) is 19.3 Å². The molecule has 7 heteroatoms. The first-order chi connectivity index (χ1) is 10.9. The minimum atomic E-state index is -3.34. The third kappa shape index (κ3) is 6.16. The van der Waals surface area contributed by atoms with Gasteiger partial charge in [0.25, 0.3) is 0 Å². The number of benzene rings is 1. The first-order valence-electron chi connectivity index (χ1n) is 7.87. The first-order valence-corrected chi connectivity index (χ1v) is 9.52. The molecule has 0 radical (unpaired) electrons. The van der Waals surface area contributed by atoms with E-state index in [1.165, 1.54) is 6.07 Å². The molecule has 0 unspecified atom stereocenters. The van der Waals surface area contributed by atoms with E-state index in [0.29, 0.717) is 31.6 Å². The second-order valence-corrected chi connectivity index (χ2v) is 7.94. The van der Waals surface area contributed by atoms with Crippen LogP contribution in [0.4, 0.5) is 8.78 Å². The molecule has 0 aromatic heterocycles. The summed E-state index contributed by atoms with van der Waals surface area (Å²) in [6, 6.07) is 3.50. The van der Waals surface area contributed by atoms with Crippen LogP contribution in [0.2, 0.25) is 0 Å². The molecule has 2 rings (SSSR count). The molecule has 1 atom stereocenters. The molecule has 1 fully saturated rings. The van der Waals surface area contributed by atoms with Crippen molar-refractivity contribution in [2.24, 2.45) is 5.92 Å². The minimum absolute atomic E-state index is 0.117. The van der Waals surface area contributed by atoms with Crippen LogP contribution in [0.1, 0.15) is 31.7 Å². The topological polar surface area (TPSA) is 55.4 Å². The third-order valence-electron chi connectivity index (χ3n) is 4.03. The van der Waals surface area contributed by atoms with Gasteiger partial charge in [-0.1, -0.05) is 6.07 Å². The van der Waals surface area contributed by atoms with Crippen LogP contribution >= 0.6 is 0 Å². The van der Waals surface area contributed by atoms with Gasteiger partial charge in [0.15, 0.2) is 11.6 Å². The Morgan fingerprint density at radius 3 is 2.61 bits per heavy atom. The Morgan fingerprint density at radius 2 is 1.96 bits per heavy atom. The highest BCUT2D eigenvalue weighted by molar-refractivity contribution is 7.89. The van der Waals surface area contributed by atoms with Gasteiger partial charge < -0.3 is 4.74 Å². The van der Waals surface area contributed by atoms with Gasteiger partial charge in [-0.25, -0.2) is 21.9 Å². The van der Waals surface area contributed by atoms with Crippen LogP contribution in [-0.4, -0.2) is 33.4 Å². The maximum atomic E-state index is 13.1. The second-order valence-electron chi connectivity index (χ2n) is 6.14.